The van der Waals surface area contributed by atoms with Gasteiger partial charge in [-0.25, -0.2) is 13.8 Å². The Morgan fingerprint density at radius 2 is 1.12 bits per heavy atom. The summed E-state index contributed by atoms with van der Waals surface area (Å²) < 4.78 is 4.98. The van der Waals surface area contributed by atoms with E-state index in [2.05, 4.69) is 47.4 Å². The number of benzene rings is 2. The highest BCUT2D eigenvalue weighted by Crippen LogP contribution is 2.20. The molecular weight excluding hydrogens is 748 g/mol. The summed E-state index contributed by atoms with van der Waals surface area (Å²) in [5.41, 5.74) is 11.9. The average Bonchev–Trinajstić information content (AvgIpc) is 3.63. The predicted octanol–water partition coefficient (Wildman–Crippen LogP) is 11.6. The lowest BCUT2D eigenvalue weighted by Crippen LogP contribution is -2.13. The number of para-hydroxylation sites is 2. The van der Waals surface area contributed by atoms with Gasteiger partial charge in [0, 0.05) is 29.3 Å². The fourth-order valence-electron chi connectivity index (χ4n) is 3.67. The van der Waals surface area contributed by atoms with Crippen molar-refractivity contribution in [2.24, 2.45) is 0 Å². The minimum absolute atomic E-state index is 0. The van der Waals surface area contributed by atoms with Gasteiger partial charge in [0.05, 0.1) is 37.9 Å². The number of aromatic nitrogens is 4. The molecule has 0 radical (unpaired) electrons. The monoisotopic (exact) mass is 800 g/mol. The minimum atomic E-state index is -0.935. The average molecular weight is 803 g/mol. The van der Waals surface area contributed by atoms with Gasteiger partial charge < -0.3 is 16.2 Å². The van der Waals surface area contributed by atoms with Gasteiger partial charge in [0.1, 0.15) is 0 Å². The number of hydrogen-bond acceptors (Lipinski definition) is 5. The number of nitrogens with one attached hydrogen (secondary N) is 1. The molecule has 0 unspecified atom stereocenters. The number of nitrogen functional groups attached to an aromatic ring is 1. The van der Waals surface area contributed by atoms with Gasteiger partial charge in [-0.15, -0.1) is 0 Å². The van der Waals surface area contributed by atoms with Crippen LogP contribution in [0.1, 0.15) is 89.2 Å². The van der Waals surface area contributed by atoms with Gasteiger partial charge in [-0.05, 0) is 93.2 Å². The molecule has 0 aliphatic carbocycles. The molecule has 2 aromatic carbocycles. The number of carboxylic acid groups (broad SMARTS) is 1. The molecule has 0 bridgehead atoms. The van der Waals surface area contributed by atoms with Crippen LogP contribution in [-0.2, 0) is 0 Å². The van der Waals surface area contributed by atoms with Crippen molar-refractivity contribution in [3.05, 3.63) is 129 Å². The van der Waals surface area contributed by atoms with Crippen LogP contribution in [0.5, 0.6) is 0 Å². The zero-order chi connectivity index (χ0) is 33.5. The van der Waals surface area contributed by atoms with Crippen LogP contribution in [-0.4, -0.2) is 36.2 Å². The summed E-state index contributed by atoms with van der Waals surface area (Å²) in [5, 5.41) is 19.8. The van der Waals surface area contributed by atoms with Crippen LogP contribution in [0.2, 0.25) is 0 Å². The molecule has 9 nitrogen and oxygen atoms in total. The first-order chi connectivity index (χ1) is 21.6. The molecule has 0 saturated carbocycles. The van der Waals surface area contributed by atoms with Crippen molar-refractivity contribution in [3.8, 4) is 0 Å². The molecule has 0 aliphatic heterocycles. The van der Waals surface area contributed by atoms with E-state index in [9.17, 15) is 9.59 Å². The lowest BCUT2D eigenvalue weighted by Gasteiger charge is -2.08. The number of carbonyl (C=O) groups is 2. The number of carbonyl (C=O) groups excluding carboxylic acids is 1. The fraction of sp³-hybridized carbons (Fsp3) is 0.263. The van der Waals surface area contributed by atoms with Crippen LogP contribution in [0.15, 0.2) is 107 Å². The topological polar surface area (TPSA) is 127 Å². The second kappa shape index (κ2) is 24.6. The molecule has 6 aromatic rings. The third-order valence-corrected chi connectivity index (χ3v) is 7.26. The number of amides is 1. The predicted molar refractivity (Wildman–Crippen MR) is 217 cm³/mol. The lowest BCUT2D eigenvalue weighted by atomic mass is 10.2. The van der Waals surface area contributed by atoms with Crippen molar-refractivity contribution >= 4 is 66.1 Å². The summed E-state index contributed by atoms with van der Waals surface area (Å²) in [4.78, 5) is 22.9. The van der Waals surface area contributed by atoms with Gasteiger partial charge in [0.2, 0.25) is 0 Å². The summed E-state index contributed by atoms with van der Waals surface area (Å²) in [7, 11) is 0. The Labute approximate surface area is 309 Å². The highest BCUT2D eigenvalue weighted by Gasteiger charge is 2.10. The van der Waals surface area contributed by atoms with Crippen LogP contribution in [0, 0.1) is 13.8 Å². The number of hydrogen-bond donors (Lipinski definition) is 3. The number of nitrogens with zero attached hydrogens (tertiary/aromatic N) is 4. The second-order valence-corrected chi connectivity index (χ2v) is 10.6. The molecule has 11 heteroatoms. The number of aryl methyl sites for hydroxylation is 2. The fourth-order valence-corrected chi connectivity index (χ4v) is 4.45. The van der Waals surface area contributed by atoms with Crippen molar-refractivity contribution in [1.29, 1.82) is 0 Å². The first-order valence-corrected chi connectivity index (χ1v) is 15.9. The van der Waals surface area contributed by atoms with Crippen molar-refractivity contribution in [1.82, 2.24) is 19.2 Å². The van der Waals surface area contributed by atoms with E-state index >= 15 is 0 Å². The second-order valence-electron chi connectivity index (χ2n) is 8.91. The van der Waals surface area contributed by atoms with Gasteiger partial charge in [0.15, 0.2) is 0 Å². The Morgan fingerprint density at radius 1 is 0.694 bits per heavy atom. The number of nitrogens with two attached hydrogens (primary N) is 1. The largest absolute Gasteiger partial charge is 0.478 e. The maximum atomic E-state index is 12.3. The van der Waals surface area contributed by atoms with Crippen LogP contribution in [0.25, 0.3) is 11.0 Å². The number of rotatable bonds is 3. The van der Waals surface area contributed by atoms with E-state index < -0.39 is 5.97 Å². The summed E-state index contributed by atoms with van der Waals surface area (Å²) >= 11 is 6.69. The quantitative estimate of drug-likeness (QED) is 0.153. The summed E-state index contributed by atoms with van der Waals surface area (Å²) in [5.74, 6) is -1.06. The number of carboxylic acids is 1. The van der Waals surface area contributed by atoms with Crippen LogP contribution < -0.4 is 11.1 Å². The molecule has 1 amide bonds. The lowest BCUT2D eigenvalue weighted by molar-refractivity contribution is 0.0696. The molecule has 0 saturated heterocycles. The smallest absolute Gasteiger partial charge is 0.335 e. The van der Waals surface area contributed by atoms with E-state index in [1.165, 1.54) is 6.07 Å². The first-order valence-electron chi connectivity index (χ1n) is 14.3. The van der Waals surface area contributed by atoms with Gasteiger partial charge in [-0.3, -0.25) is 4.79 Å². The van der Waals surface area contributed by atoms with E-state index in [-0.39, 0.29) is 41.2 Å². The zero-order valence-corrected chi connectivity index (χ0v) is 29.3. The molecule has 0 spiro atoms. The third kappa shape index (κ3) is 13.9. The van der Waals surface area contributed by atoms with Crippen molar-refractivity contribution in [3.63, 3.8) is 0 Å². The number of anilines is 2. The van der Waals surface area contributed by atoms with E-state index in [4.69, 9.17) is 10.8 Å². The maximum absolute atomic E-state index is 12.3. The standard InChI is InChI=1S/C15H12BrN3O.C8H5BrN2O2.C7H9N.2C2H6.4CH4/c1-10-4-2-3-5-13(10)18-15(20)11-6-7-19-14(8-11)12(16)9-17-19;9-6-4-10-11-2-1-5(8(12)13)3-7(6)11;1-6-4-2-3-5-7(6)8;2*1-2;;;;/h2-9H,1H3,(H,18,20);1-4H,(H,12,13);2-5H,8H2,1H3;2*1-2H3;4*1H4. The third-order valence-electron chi connectivity index (χ3n) is 6.04. The number of halogens is 2. The van der Waals surface area contributed by atoms with Gasteiger partial charge in [-0.1, -0.05) is 93.8 Å². The van der Waals surface area contributed by atoms with Gasteiger partial charge >= 0.3 is 5.97 Å². The molecule has 4 aromatic heterocycles. The summed E-state index contributed by atoms with van der Waals surface area (Å²) in [6.07, 6.45) is 6.72. The first kappa shape index (κ1) is 48.9. The van der Waals surface area contributed by atoms with E-state index in [1.807, 2.05) is 96.1 Å². The van der Waals surface area contributed by atoms with E-state index in [1.54, 1.807) is 46.0 Å². The molecule has 268 valence electrons. The van der Waals surface area contributed by atoms with Crippen LogP contribution in [0.4, 0.5) is 11.4 Å². The van der Waals surface area contributed by atoms with Crippen LogP contribution in [0.3, 0.4) is 0 Å². The summed E-state index contributed by atoms with van der Waals surface area (Å²) in [6, 6.07) is 22.1. The molecule has 49 heavy (non-hydrogen) atoms. The van der Waals surface area contributed by atoms with E-state index in [0.717, 1.165) is 42.5 Å². The Balaban J connectivity index is -0.000000637. The Bertz CT molecular complexity index is 1830. The Kier molecular flexibility index (Phi) is 24.6. The maximum Gasteiger partial charge on any atom is 0.335 e. The number of pyridine rings is 2. The molecule has 4 N–H and O–H groups in total. The summed E-state index contributed by atoms with van der Waals surface area (Å²) in [6.45, 7) is 12.0. The molecule has 0 atom stereocenters. The number of fused-ring (bicyclic) bond motifs is 2. The Morgan fingerprint density at radius 3 is 1.55 bits per heavy atom. The number of aromatic carboxylic acids is 1. The molecule has 0 aliphatic rings. The highest BCUT2D eigenvalue weighted by molar-refractivity contribution is 9.11. The molecule has 4 heterocycles. The molecule has 6 rings (SSSR count). The zero-order valence-electron chi connectivity index (χ0n) is 26.1. The van der Waals surface area contributed by atoms with Crippen molar-refractivity contribution in [2.45, 2.75) is 71.2 Å². The van der Waals surface area contributed by atoms with E-state index in [0.29, 0.717) is 5.56 Å². The minimum Gasteiger partial charge on any atom is -0.478 e. The van der Waals surface area contributed by atoms with Gasteiger partial charge in [0.25, 0.3) is 5.91 Å². The van der Waals surface area contributed by atoms with Crippen molar-refractivity contribution in [2.75, 3.05) is 11.1 Å². The van der Waals surface area contributed by atoms with Crippen molar-refractivity contribution < 1.29 is 14.7 Å². The SMILES string of the molecule is C.C.C.C.CC.CC.Cc1ccccc1N.Cc1ccccc1NC(=O)c1ccn2ncc(Br)c2c1.O=C(O)c1ccn2ncc(Br)c2c1. The normalized spacial score (nSPS) is 8.90. The van der Waals surface area contributed by atoms with Crippen LogP contribution >= 0.6 is 31.9 Å². The molecular formula is C38H54Br2N6O3. The molecule has 0 fully saturated rings. The highest BCUT2D eigenvalue weighted by atomic mass is 79.9. The van der Waals surface area contributed by atoms with Gasteiger partial charge in [-0.2, -0.15) is 10.2 Å². The Hall–Kier alpha value is -4.48.